The lowest BCUT2D eigenvalue weighted by Gasteiger charge is -2.14. The van der Waals surface area contributed by atoms with Crippen LogP contribution in [0.25, 0.3) is 0 Å². The third-order valence-electron chi connectivity index (χ3n) is 2.70. The number of aromatic nitrogens is 1. The van der Waals surface area contributed by atoms with Crippen LogP contribution in [0.2, 0.25) is 0 Å². The van der Waals surface area contributed by atoms with Crippen molar-refractivity contribution in [2.45, 2.75) is 12.7 Å². The van der Waals surface area contributed by atoms with Crippen molar-refractivity contribution >= 4 is 28.9 Å². The number of aliphatic carboxylic acids is 1. The average molecular weight is 322 g/mol. The van der Waals surface area contributed by atoms with Gasteiger partial charge in [0.15, 0.2) is 0 Å². The maximum absolute atomic E-state index is 11.9. The number of para-hydroxylation sites is 2. The Morgan fingerprint density at radius 1 is 1.41 bits per heavy atom. The molecule has 2 aromatic rings. The maximum atomic E-state index is 11.9. The molecule has 22 heavy (non-hydrogen) atoms. The zero-order valence-electron chi connectivity index (χ0n) is 11.7. The zero-order chi connectivity index (χ0) is 15.9. The lowest BCUT2D eigenvalue weighted by atomic mass is 10.2. The van der Waals surface area contributed by atoms with E-state index >= 15 is 0 Å². The summed E-state index contributed by atoms with van der Waals surface area (Å²) in [6, 6.07) is 6.73. The summed E-state index contributed by atoms with van der Waals surface area (Å²) in [6.45, 7) is 0.253. The number of carbonyl (C=O) groups is 2. The van der Waals surface area contributed by atoms with E-state index in [1.54, 1.807) is 29.8 Å². The first-order chi connectivity index (χ1) is 10.6. The molecule has 2 rings (SSSR count). The van der Waals surface area contributed by atoms with Gasteiger partial charge in [0.05, 0.1) is 16.9 Å². The lowest BCUT2D eigenvalue weighted by Crippen LogP contribution is -2.36. The number of hydrogen-bond donors (Lipinski definition) is 2. The number of carboxylic acids is 1. The van der Waals surface area contributed by atoms with Crippen LogP contribution in [0.1, 0.15) is 5.69 Å². The van der Waals surface area contributed by atoms with Gasteiger partial charge in [-0.05, 0) is 12.1 Å². The number of anilines is 1. The number of ether oxygens (including phenoxy) is 2. The number of carbonyl (C=O) groups excluding carboxylic acids is 1. The number of nitrogens with zero attached hydrogens (tertiary/aromatic N) is 1. The number of amides is 1. The molecule has 0 radical (unpaired) electrons. The third kappa shape index (κ3) is 4.03. The topological polar surface area (TPSA) is 97.8 Å². The van der Waals surface area contributed by atoms with E-state index in [9.17, 15) is 9.59 Å². The van der Waals surface area contributed by atoms with Gasteiger partial charge < -0.3 is 19.9 Å². The van der Waals surface area contributed by atoms with Crippen LogP contribution in [-0.2, 0) is 20.9 Å². The standard InChI is InChI=1S/C14H14N2O5S/c1-20-12(14(18)19)13(17)16-10-4-2-3-5-11(10)21-6-9-7-22-8-15-9/h2-5,7-8,12H,6H2,1H3,(H,16,17)(H,18,19). The van der Waals surface area contributed by atoms with E-state index in [0.29, 0.717) is 11.4 Å². The van der Waals surface area contributed by atoms with Gasteiger partial charge in [0.1, 0.15) is 12.4 Å². The van der Waals surface area contributed by atoms with Crippen molar-refractivity contribution in [2.75, 3.05) is 12.4 Å². The van der Waals surface area contributed by atoms with Crippen molar-refractivity contribution < 1.29 is 24.2 Å². The van der Waals surface area contributed by atoms with Crippen molar-refractivity contribution in [3.8, 4) is 5.75 Å². The highest BCUT2D eigenvalue weighted by Crippen LogP contribution is 2.25. The predicted molar refractivity (Wildman–Crippen MR) is 80.0 cm³/mol. The molecule has 8 heteroatoms. The van der Waals surface area contributed by atoms with Crippen molar-refractivity contribution in [2.24, 2.45) is 0 Å². The minimum Gasteiger partial charge on any atom is -0.485 e. The monoisotopic (exact) mass is 322 g/mol. The summed E-state index contributed by atoms with van der Waals surface area (Å²) < 4.78 is 10.2. The van der Waals surface area contributed by atoms with Crippen LogP contribution in [-0.4, -0.2) is 35.2 Å². The molecule has 1 heterocycles. The highest BCUT2D eigenvalue weighted by molar-refractivity contribution is 7.07. The van der Waals surface area contributed by atoms with E-state index in [2.05, 4.69) is 15.0 Å². The highest BCUT2D eigenvalue weighted by Gasteiger charge is 2.26. The van der Waals surface area contributed by atoms with Crippen LogP contribution >= 0.6 is 11.3 Å². The van der Waals surface area contributed by atoms with E-state index in [0.717, 1.165) is 12.8 Å². The number of nitrogens with one attached hydrogen (secondary N) is 1. The Kier molecular flexibility index (Phi) is 5.45. The minimum absolute atomic E-state index is 0.253. The van der Waals surface area contributed by atoms with Crippen molar-refractivity contribution in [3.05, 3.63) is 40.8 Å². The Morgan fingerprint density at radius 2 is 2.18 bits per heavy atom. The summed E-state index contributed by atoms with van der Waals surface area (Å²) >= 11 is 1.46. The van der Waals surface area contributed by atoms with Crippen molar-refractivity contribution in [3.63, 3.8) is 0 Å². The molecular formula is C14H14N2O5S. The summed E-state index contributed by atoms with van der Waals surface area (Å²) in [5.41, 5.74) is 2.83. The average Bonchev–Trinajstić information content (AvgIpc) is 3.00. The Morgan fingerprint density at radius 3 is 2.82 bits per heavy atom. The normalized spacial score (nSPS) is 11.7. The number of thiazole rings is 1. The lowest BCUT2D eigenvalue weighted by molar-refractivity contribution is -0.153. The van der Waals surface area contributed by atoms with E-state index in [1.807, 2.05) is 5.38 Å². The summed E-state index contributed by atoms with van der Waals surface area (Å²) in [4.78, 5) is 26.9. The van der Waals surface area contributed by atoms with Crippen LogP contribution in [0.5, 0.6) is 5.75 Å². The molecule has 1 amide bonds. The summed E-state index contributed by atoms with van der Waals surface area (Å²) in [7, 11) is 1.16. The molecule has 0 aliphatic rings. The molecule has 1 aromatic heterocycles. The second-order valence-electron chi connectivity index (χ2n) is 4.21. The fourth-order valence-corrected chi connectivity index (χ4v) is 2.22. The van der Waals surface area contributed by atoms with Crippen LogP contribution in [0.15, 0.2) is 35.2 Å². The molecule has 0 aliphatic carbocycles. The van der Waals surface area contributed by atoms with Gasteiger partial charge in [-0.25, -0.2) is 9.78 Å². The molecule has 2 N–H and O–H groups in total. The number of methoxy groups -OCH3 is 1. The molecule has 0 saturated heterocycles. The minimum atomic E-state index is -1.58. The summed E-state index contributed by atoms with van der Waals surface area (Å²) in [5, 5.41) is 13.2. The smallest absolute Gasteiger partial charge is 0.342 e. The summed E-state index contributed by atoms with van der Waals surface area (Å²) in [6.07, 6.45) is -1.58. The summed E-state index contributed by atoms with van der Waals surface area (Å²) in [5.74, 6) is -1.72. The largest absolute Gasteiger partial charge is 0.485 e. The molecule has 0 saturated carbocycles. The molecule has 0 fully saturated rings. The van der Waals surface area contributed by atoms with Gasteiger partial charge >= 0.3 is 5.97 Å². The predicted octanol–water partition coefficient (Wildman–Crippen LogP) is 1.76. The van der Waals surface area contributed by atoms with E-state index in [1.165, 1.54) is 11.3 Å². The molecule has 0 spiro atoms. The number of hydrogen-bond acceptors (Lipinski definition) is 6. The van der Waals surface area contributed by atoms with E-state index in [4.69, 9.17) is 9.84 Å². The Labute approximate surface area is 130 Å². The Bertz CT molecular complexity index is 644. The van der Waals surface area contributed by atoms with E-state index in [-0.39, 0.29) is 6.61 Å². The van der Waals surface area contributed by atoms with Crippen LogP contribution in [0.3, 0.4) is 0 Å². The first-order valence-corrected chi connectivity index (χ1v) is 7.21. The molecule has 7 nitrogen and oxygen atoms in total. The van der Waals surface area contributed by atoms with Crippen LogP contribution in [0.4, 0.5) is 5.69 Å². The highest BCUT2D eigenvalue weighted by atomic mass is 32.1. The Balaban J connectivity index is 2.07. The first-order valence-electron chi connectivity index (χ1n) is 6.27. The first kappa shape index (κ1) is 15.9. The van der Waals surface area contributed by atoms with Crippen LogP contribution in [0, 0.1) is 0 Å². The molecule has 116 valence electrons. The number of carboxylic acid groups (broad SMARTS) is 1. The van der Waals surface area contributed by atoms with Gasteiger partial charge in [0.25, 0.3) is 5.91 Å². The van der Waals surface area contributed by atoms with Crippen molar-refractivity contribution in [1.29, 1.82) is 0 Å². The van der Waals surface area contributed by atoms with Gasteiger partial charge in [-0.2, -0.15) is 0 Å². The molecule has 1 atom stereocenters. The molecule has 1 unspecified atom stereocenters. The van der Waals surface area contributed by atoms with Gasteiger partial charge in [0, 0.05) is 12.5 Å². The van der Waals surface area contributed by atoms with Gasteiger partial charge in [0.2, 0.25) is 6.10 Å². The molecular weight excluding hydrogens is 308 g/mol. The SMILES string of the molecule is COC(C(=O)O)C(=O)Nc1ccccc1OCc1cscn1. The molecule has 0 aliphatic heterocycles. The second-order valence-corrected chi connectivity index (χ2v) is 4.93. The molecule has 1 aromatic carbocycles. The second kappa shape index (κ2) is 7.53. The van der Waals surface area contributed by atoms with Gasteiger partial charge in [-0.3, -0.25) is 4.79 Å². The van der Waals surface area contributed by atoms with Gasteiger partial charge in [-0.15, -0.1) is 11.3 Å². The van der Waals surface area contributed by atoms with Gasteiger partial charge in [-0.1, -0.05) is 12.1 Å². The number of benzene rings is 1. The Hall–Kier alpha value is -2.45. The maximum Gasteiger partial charge on any atom is 0.342 e. The van der Waals surface area contributed by atoms with Crippen molar-refractivity contribution in [1.82, 2.24) is 4.98 Å². The quantitative estimate of drug-likeness (QED) is 0.754. The third-order valence-corrected chi connectivity index (χ3v) is 3.34. The fourth-order valence-electron chi connectivity index (χ4n) is 1.67. The zero-order valence-corrected chi connectivity index (χ0v) is 12.5. The van der Waals surface area contributed by atoms with Crippen LogP contribution < -0.4 is 10.1 Å². The fraction of sp³-hybridized carbons (Fsp3) is 0.214. The van der Waals surface area contributed by atoms with E-state index < -0.39 is 18.0 Å². The number of rotatable bonds is 7. The molecule has 0 bridgehead atoms.